The molecular formula is C14H25N3O. The Morgan fingerprint density at radius 3 is 2.83 bits per heavy atom. The summed E-state index contributed by atoms with van der Waals surface area (Å²) < 4.78 is 5.62. The minimum absolute atomic E-state index is 0.244. The van der Waals surface area contributed by atoms with Crippen LogP contribution in [0.4, 0.5) is 0 Å². The molecule has 0 saturated carbocycles. The molecule has 1 aliphatic rings. The van der Waals surface area contributed by atoms with Crippen LogP contribution in [0.3, 0.4) is 0 Å². The van der Waals surface area contributed by atoms with Crippen LogP contribution in [0.1, 0.15) is 25.2 Å². The Kier molecular flexibility index (Phi) is 4.10. The van der Waals surface area contributed by atoms with E-state index >= 15 is 0 Å². The molecule has 1 aromatic rings. The number of piperazine rings is 1. The van der Waals surface area contributed by atoms with E-state index in [-0.39, 0.29) is 5.54 Å². The average molecular weight is 251 g/mol. The van der Waals surface area contributed by atoms with E-state index in [1.165, 1.54) is 5.56 Å². The summed E-state index contributed by atoms with van der Waals surface area (Å²) in [5.41, 5.74) is 1.52. The molecule has 0 bridgehead atoms. The molecule has 1 aromatic heterocycles. The van der Waals surface area contributed by atoms with Crippen LogP contribution < -0.4 is 5.32 Å². The van der Waals surface area contributed by atoms with Gasteiger partial charge in [0.05, 0.1) is 12.8 Å². The van der Waals surface area contributed by atoms with E-state index in [1.54, 1.807) is 6.26 Å². The van der Waals surface area contributed by atoms with Crippen molar-refractivity contribution in [1.82, 2.24) is 15.1 Å². The van der Waals surface area contributed by atoms with Gasteiger partial charge in [0.1, 0.15) is 5.76 Å². The molecule has 0 unspecified atom stereocenters. The van der Waals surface area contributed by atoms with Gasteiger partial charge < -0.3 is 9.73 Å². The molecule has 1 saturated heterocycles. The van der Waals surface area contributed by atoms with E-state index in [1.807, 2.05) is 7.05 Å². The van der Waals surface area contributed by atoms with E-state index in [2.05, 4.69) is 42.1 Å². The highest BCUT2D eigenvalue weighted by Gasteiger charge is 2.31. The van der Waals surface area contributed by atoms with Crippen molar-refractivity contribution in [3.05, 3.63) is 23.7 Å². The van der Waals surface area contributed by atoms with E-state index in [9.17, 15) is 0 Å². The molecule has 0 atom stereocenters. The number of nitrogens with zero attached hydrogens (tertiary/aromatic N) is 2. The third-order valence-corrected chi connectivity index (χ3v) is 3.97. The first-order valence-electron chi connectivity index (χ1n) is 6.66. The summed E-state index contributed by atoms with van der Waals surface area (Å²) in [6.45, 7) is 9.72. The van der Waals surface area contributed by atoms with Crippen molar-refractivity contribution in [1.29, 1.82) is 0 Å². The van der Waals surface area contributed by atoms with Gasteiger partial charge in [0.2, 0.25) is 0 Å². The van der Waals surface area contributed by atoms with Gasteiger partial charge in [0.25, 0.3) is 0 Å². The highest BCUT2D eigenvalue weighted by atomic mass is 16.3. The Morgan fingerprint density at radius 1 is 1.39 bits per heavy atom. The molecule has 102 valence electrons. The van der Waals surface area contributed by atoms with Crippen LogP contribution in [-0.4, -0.2) is 49.1 Å². The summed E-state index contributed by atoms with van der Waals surface area (Å²) in [5.74, 6) is 1.10. The SMILES string of the molecule is CNCc1ccoc1CN1CCN(C)C(C)(C)C1. The lowest BCUT2D eigenvalue weighted by Crippen LogP contribution is -2.57. The molecule has 2 rings (SSSR count). The quantitative estimate of drug-likeness (QED) is 0.879. The topological polar surface area (TPSA) is 31.7 Å². The highest BCUT2D eigenvalue weighted by Crippen LogP contribution is 2.21. The van der Waals surface area contributed by atoms with Gasteiger partial charge >= 0.3 is 0 Å². The maximum atomic E-state index is 5.62. The summed E-state index contributed by atoms with van der Waals surface area (Å²) in [7, 11) is 4.17. The maximum absolute atomic E-state index is 5.62. The second-order valence-electron chi connectivity index (χ2n) is 5.84. The van der Waals surface area contributed by atoms with Gasteiger partial charge in [-0.05, 0) is 34.0 Å². The Balaban J connectivity index is 1.99. The minimum atomic E-state index is 0.244. The fourth-order valence-corrected chi connectivity index (χ4v) is 2.53. The summed E-state index contributed by atoms with van der Waals surface area (Å²) in [5, 5.41) is 3.18. The van der Waals surface area contributed by atoms with E-state index in [4.69, 9.17) is 4.42 Å². The Labute approximate surface area is 110 Å². The molecule has 0 amide bonds. The summed E-state index contributed by atoms with van der Waals surface area (Å²) in [6.07, 6.45) is 1.79. The minimum Gasteiger partial charge on any atom is -0.468 e. The fraction of sp³-hybridized carbons (Fsp3) is 0.714. The van der Waals surface area contributed by atoms with Crippen LogP contribution in [0, 0.1) is 0 Å². The predicted octanol–water partition coefficient (Wildman–Crippen LogP) is 1.52. The standard InChI is InChI=1S/C14H25N3O/c1-14(2)11-17(7-6-16(14)4)10-13-12(9-15-3)5-8-18-13/h5,8,15H,6-7,9-11H2,1-4H3. The van der Waals surface area contributed by atoms with E-state index < -0.39 is 0 Å². The summed E-state index contributed by atoms with van der Waals surface area (Å²) >= 11 is 0. The lowest BCUT2D eigenvalue weighted by molar-refractivity contribution is 0.0326. The zero-order chi connectivity index (χ0) is 13.2. The Hall–Kier alpha value is -0.840. The predicted molar refractivity (Wildman–Crippen MR) is 73.5 cm³/mol. The van der Waals surface area contributed by atoms with Crippen molar-refractivity contribution in [2.24, 2.45) is 0 Å². The number of hydrogen-bond donors (Lipinski definition) is 1. The smallest absolute Gasteiger partial charge is 0.122 e. The fourth-order valence-electron chi connectivity index (χ4n) is 2.53. The lowest BCUT2D eigenvalue weighted by atomic mass is 9.99. The molecule has 1 aliphatic heterocycles. The molecule has 4 nitrogen and oxygen atoms in total. The van der Waals surface area contributed by atoms with Crippen LogP contribution in [0.2, 0.25) is 0 Å². The van der Waals surface area contributed by atoms with Gasteiger partial charge in [-0.3, -0.25) is 9.80 Å². The second-order valence-corrected chi connectivity index (χ2v) is 5.84. The van der Waals surface area contributed by atoms with E-state index in [0.29, 0.717) is 0 Å². The molecule has 18 heavy (non-hydrogen) atoms. The summed E-state index contributed by atoms with van der Waals surface area (Å²) in [6, 6.07) is 2.06. The average Bonchev–Trinajstić information content (AvgIpc) is 2.72. The molecule has 2 heterocycles. The lowest BCUT2D eigenvalue weighted by Gasteiger charge is -2.45. The van der Waals surface area contributed by atoms with Gasteiger partial charge in [0, 0.05) is 37.3 Å². The van der Waals surface area contributed by atoms with Gasteiger partial charge in [0.15, 0.2) is 0 Å². The molecule has 4 heteroatoms. The maximum Gasteiger partial charge on any atom is 0.122 e. The van der Waals surface area contributed by atoms with Crippen LogP contribution in [-0.2, 0) is 13.1 Å². The zero-order valence-corrected chi connectivity index (χ0v) is 12.0. The van der Waals surface area contributed by atoms with Crippen molar-refractivity contribution in [2.75, 3.05) is 33.7 Å². The van der Waals surface area contributed by atoms with Gasteiger partial charge in [-0.1, -0.05) is 0 Å². The second kappa shape index (κ2) is 5.43. The molecule has 0 radical (unpaired) electrons. The molecule has 0 spiro atoms. The molecule has 0 aromatic carbocycles. The normalized spacial score (nSPS) is 21.3. The van der Waals surface area contributed by atoms with Crippen molar-refractivity contribution >= 4 is 0 Å². The molecule has 1 fully saturated rings. The monoisotopic (exact) mass is 251 g/mol. The van der Waals surface area contributed by atoms with Crippen LogP contribution in [0.15, 0.2) is 16.7 Å². The van der Waals surface area contributed by atoms with Gasteiger partial charge in [-0.2, -0.15) is 0 Å². The first-order valence-corrected chi connectivity index (χ1v) is 6.66. The third-order valence-electron chi connectivity index (χ3n) is 3.97. The number of rotatable bonds is 4. The highest BCUT2D eigenvalue weighted by molar-refractivity contribution is 5.17. The number of hydrogen-bond acceptors (Lipinski definition) is 4. The van der Waals surface area contributed by atoms with Crippen molar-refractivity contribution in [2.45, 2.75) is 32.5 Å². The van der Waals surface area contributed by atoms with Crippen molar-refractivity contribution < 1.29 is 4.42 Å². The van der Waals surface area contributed by atoms with Gasteiger partial charge in [-0.15, -0.1) is 0 Å². The Bertz CT molecular complexity index is 386. The first kappa shape index (κ1) is 13.6. The zero-order valence-electron chi connectivity index (χ0n) is 12.0. The van der Waals surface area contributed by atoms with Crippen molar-refractivity contribution in [3.63, 3.8) is 0 Å². The Morgan fingerprint density at radius 2 is 2.17 bits per heavy atom. The number of likely N-dealkylation sites (N-methyl/N-ethyl adjacent to an activating group) is 1. The third kappa shape index (κ3) is 2.94. The van der Waals surface area contributed by atoms with Crippen molar-refractivity contribution in [3.8, 4) is 0 Å². The van der Waals surface area contributed by atoms with E-state index in [0.717, 1.165) is 38.5 Å². The largest absolute Gasteiger partial charge is 0.468 e. The van der Waals surface area contributed by atoms with Crippen LogP contribution >= 0.6 is 0 Å². The first-order chi connectivity index (χ1) is 8.53. The summed E-state index contributed by atoms with van der Waals surface area (Å²) in [4.78, 5) is 4.91. The van der Waals surface area contributed by atoms with Crippen LogP contribution in [0.5, 0.6) is 0 Å². The number of furan rings is 1. The van der Waals surface area contributed by atoms with Crippen LogP contribution in [0.25, 0.3) is 0 Å². The molecule has 1 N–H and O–H groups in total. The van der Waals surface area contributed by atoms with Gasteiger partial charge in [-0.25, -0.2) is 0 Å². The molecular weight excluding hydrogens is 226 g/mol. The molecule has 0 aliphatic carbocycles. The number of nitrogens with one attached hydrogen (secondary N) is 1.